The van der Waals surface area contributed by atoms with Gasteiger partial charge in [-0.3, -0.25) is 13.9 Å². The number of carbonyl (C=O) groups is 2. The van der Waals surface area contributed by atoms with Gasteiger partial charge < -0.3 is 10.2 Å². The Balaban J connectivity index is 2.03. The number of carbonyl (C=O) groups excluding carboxylic acids is 2. The van der Waals surface area contributed by atoms with E-state index in [2.05, 4.69) is 21.2 Å². The topological polar surface area (TPSA) is 86.8 Å². The fourth-order valence-electron chi connectivity index (χ4n) is 3.72. The Morgan fingerprint density at radius 2 is 1.53 bits per heavy atom. The quantitative estimate of drug-likeness (QED) is 0.368. The molecule has 0 aromatic heterocycles. The maximum absolute atomic E-state index is 14.6. The fraction of sp³-hybridized carbons (Fsp3) is 0.286. The molecular formula is C28H31BrFN3O4S. The summed E-state index contributed by atoms with van der Waals surface area (Å²) in [5, 5.41) is 2.84. The SMILES string of the molecule is C[C@H](C(=O)NC(C)(C)C)N(Cc1ccccc1F)C(=O)CN(c1ccc(Br)cc1)S(=O)(=O)c1ccccc1. The van der Waals surface area contributed by atoms with E-state index in [0.29, 0.717) is 0 Å². The Kier molecular flexibility index (Phi) is 9.32. The molecule has 0 radical (unpaired) electrons. The number of nitrogens with zero attached hydrogens (tertiary/aromatic N) is 2. The number of rotatable bonds is 9. The van der Waals surface area contributed by atoms with Crippen molar-refractivity contribution in [2.45, 2.75) is 50.7 Å². The minimum absolute atomic E-state index is 0.00916. The number of sulfonamides is 1. The Hall–Kier alpha value is -3.24. The van der Waals surface area contributed by atoms with Crippen LogP contribution >= 0.6 is 15.9 Å². The van der Waals surface area contributed by atoms with Gasteiger partial charge in [-0.1, -0.05) is 52.3 Å². The van der Waals surface area contributed by atoms with E-state index in [4.69, 9.17) is 0 Å². The number of hydrogen-bond acceptors (Lipinski definition) is 4. The largest absolute Gasteiger partial charge is 0.350 e. The van der Waals surface area contributed by atoms with E-state index >= 15 is 0 Å². The second kappa shape index (κ2) is 12.1. The lowest BCUT2D eigenvalue weighted by molar-refractivity contribution is -0.140. The van der Waals surface area contributed by atoms with Crippen molar-refractivity contribution in [3.8, 4) is 0 Å². The molecule has 0 aliphatic heterocycles. The van der Waals surface area contributed by atoms with Crippen molar-refractivity contribution in [2.24, 2.45) is 0 Å². The smallest absolute Gasteiger partial charge is 0.264 e. The third-order valence-electron chi connectivity index (χ3n) is 5.69. The molecule has 1 atom stereocenters. The number of hydrogen-bond donors (Lipinski definition) is 1. The van der Waals surface area contributed by atoms with Crippen LogP contribution in [0.4, 0.5) is 10.1 Å². The zero-order valence-corrected chi connectivity index (χ0v) is 24.1. The van der Waals surface area contributed by atoms with Gasteiger partial charge in [0.15, 0.2) is 0 Å². The van der Waals surface area contributed by atoms with Crippen LogP contribution in [0.25, 0.3) is 0 Å². The molecule has 0 bridgehead atoms. The molecule has 7 nitrogen and oxygen atoms in total. The monoisotopic (exact) mass is 603 g/mol. The van der Waals surface area contributed by atoms with Gasteiger partial charge in [-0.2, -0.15) is 0 Å². The van der Waals surface area contributed by atoms with E-state index in [0.717, 1.165) is 8.78 Å². The first-order valence-corrected chi connectivity index (χ1v) is 14.2. The van der Waals surface area contributed by atoms with E-state index in [1.54, 1.807) is 48.5 Å². The van der Waals surface area contributed by atoms with Gasteiger partial charge in [-0.05, 0) is 70.2 Å². The number of anilines is 1. The van der Waals surface area contributed by atoms with Gasteiger partial charge in [0.1, 0.15) is 18.4 Å². The second-order valence-electron chi connectivity index (χ2n) is 9.83. The Morgan fingerprint density at radius 3 is 2.11 bits per heavy atom. The van der Waals surface area contributed by atoms with Crippen molar-refractivity contribution >= 4 is 43.5 Å². The predicted octanol–water partition coefficient (Wildman–Crippen LogP) is 5.12. The summed E-state index contributed by atoms with van der Waals surface area (Å²) in [5.74, 6) is -1.63. The first-order valence-electron chi connectivity index (χ1n) is 12.0. The molecule has 3 aromatic carbocycles. The van der Waals surface area contributed by atoms with E-state index in [1.807, 2.05) is 20.8 Å². The Morgan fingerprint density at radius 1 is 0.947 bits per heavy atom. The van der Waals surface area contributed by atoms with Crippen LogP contribution in [0, 0.1) is 5.82 Å². The molecule has 3 rings (SSSR count). The van der Waals surface area contributed by atoms with Crippen molar-refractivity contribution in [3.05, 3.63) is 94.7 Å². The normalized spacial score (nSPS) is 12.5. The van der Waals surface area contributed by atoms with Gasteiger partial charge in [-0.25, -0.2) is 12.8 Å². The van der Waals surface area contributed by atoms with Gasteiger partial charge in [0.25, 0.3) is 10.0 Å². The summed E-state index contributed by atoms with van der Waals surface area (Å²) in [7, 11) is -4.16. The molecular weight excluding hydrogens is 573 g/mol. The van der Waals surface area contributed by atoms with Crippen LogP contribution in [-0.4, -0.2) is 43.3 Å². The van der Waals surface area contributed by atoms with Crippen LogP contribution < -0.4 is 9.62 Å². The highest BCUT2D eigenvalue weighted by Crippen LogP contribution is 2.26. The van der Waals surface area contributed by atoms with Crippen molar-refractivity contribution in [1.29, 1.82) is 0 Å². The molecule has 38 heavy (non-hydrogen) atoms. The molecule has 0 spiro atoms. The van der Waals surface area contributed by atoms with E-state index in [1.165, 1.54) is 42.2 Å². The van der Waals surface area contributed by atoms with Crippen LogP contribution in [0.5, 0.6) is 0 Å². The summed E-state index contributed by atoms with van der Waals surface area (Å²) in [6, 6.07) is 19.2. The lowest BCUT2D eigenvalue weighted by atomic mass is 10.1. The molecule has 0 heterocycles. The predicted molar refractivity (Wildman–Crippen MR) is 149 cm³/mol. The molecule has 0 aliphatic carbocycles. The minimum Gasteiger partial charge on any atom is -0.350 e. The first-order chi connectivity index (χ1) is 17.8. The lowest BCUT2D eigenvalue weighted by Crippen LogP contribution is -2.54. The Labute approximate surface area is 231 Å². The molecule has 0 aliphatic rings. The first kappa shape index (κ1) is 29.3. The Bertz CT molecular complexity index is 1380. The van der Waals surface area contributed by atoms with Crippen LogP contribution in [0.15, 0.2) is 88.2 Å². The number of amides is 2. The number of halogens is 2. The lowest BCUT2D eigenvalue weighted by Gasteiger charge is -2.33. The fourth-order valence-corrected chi connectivity index (χ4v) is 5.42. The summed E-state index contributed by atoms with van der Waals surface area (Å²) < 4.78 is 43.7. The summed E-state index contributed by atoms with van der Waals surface area (Å²) in [6.07, 6.45) is 0. The number of nitrogens with one attached hydrogen (secondary N) is 1. The molecule has 2 amide bonds. The standard InChI is InChI=1S/C28H31BrFN3O4S/c1-20(27(35)31-28(2,3)4)32(18-21-10-8-9-13-25(21)30)26(34)19-33(23-16-14-22(29)15-17-23)38(36,37)24-11-6-5-7-12-24/h5-17,20H,18-19H2,1-4H3,(H,31,35)/t20-/m1/s1. The van der Waals surface area contributed by atoms with Gasteiger partial charge in [-0.15, -0.1) is 0 Å². The zero-order chi connectivity index (χ0) is 28.1. The average Bonchev–Trinajstić information content (AvgIpc) is 2.86. The van der Waals surface area contributed by atoms with E-state index < -0.39 is 45.8 Å². The second-order valence-corrected chi connectivity index (χ2v) is 12.6. The van der Waals surface area contributed by atoms with Crippen molar-refractivity contribution in [2.75, 3.05) is 10.8 Å². The molecule has 3 aromatic rings. The van der Waals surface area contributed by atoms with Crippen molar-refractivity contribution in [1.82, 2.24) is 10.2 Å². The number of benzene rings is 3. The highest BCUT2D eigenvalue weighted by atomic mass is 79.9. The van der Waals surface area contributed by atoms with Crippen molar-refractivity contribution in [3.63, 3.8) is 0 Å². The molecule has 0 saturated heterocycles. The summed E-state index contributed by atoms with van der Waals surface area (Å²) in [5.41, 5.74) is -0.0987. The van der Waals surface area contributed by atoms with Gasteiger partial charge in [0.05, 0.1) is 10.6 Å². The maximum atomic E-state index is 14.6. The van der Waals surface area contributed by atoms with Crippen LogP contribution in [0.1, 0.15) is 33.3 Å². The third kappa shape index (κ3) is 7.41. The van der Waals surface area contributed by atoms with Gasteiger partial charge in [0.2, 0.25) is 11.8 Å². The van der Waals surface area contributed by atoms with Crippen LogP contribution in [0.2, 0.25) is 0 Å². The van der Waals surface area contributed by atoms with E-state index in [9.17, 15) is 22.4 Å². The molecule has 202 valence electrons. The summed E-state index contributed by atoms with van der Waals surface area (Å²) in [4.78, 5) is 28.1. The summed E-state index contributed by atoms with van der Waals surface area (Å²) >= 11 is 3.34. The third-order valence-corrected chi connectivity index (χ3v) is 8.01. The van der Waals surface area contributed by atoms with Crippen molar-refractivity contribution < 1.29 is 22.4 Å². The van der Waals surface area contributed by atoms with Crippen LogP contribution in [-0.2, 0) is 26.2 Å². The highest BCUT2D eigenvalue weighted by Gasteiger charge is 2.33. The maximum Gasteiger partial charge on any atom is 0.264 e. The van der Waals surface area contributed by atoms with E-state index in [-0.39, 0.29) is 22.7 Å². The molecule has 10 heteroatoms. The molecule has 0 saturated carbocycles. The van der Waals surface area contributed by atoms with Crippen LogP contribution in [0.3, 0.4) is 0 Å². The zero-order valence-electron chi connectivity index (χ0n) is 21.7. The summed E-state index contributed by atoms with van der Waals surface area (Å²) in [6.45, 7) is 6.15. The average molecular weight is 605 g/mol. The molecule has 0 fully saturated rings. The minimum atomic E-state index is -4.16. The molecule has 0 unspecified atom stereocenters. The van der Waals surface area contributed by atoms with Gasteiger partial charge in [0, 0.05) is 22.1 Å². The highest BCUT2D eigenvalue weighted by molar-refractivity contribution is 9.10. The van der Waals surface area contributed by atoms with Gasteiger partial charge >= 0.3 is 0 Å². The molecule has 1 N–H and O–H groups in total.